The number of carbonyl (C=O) groups is 2. The smallest absolute Gasteiger partial charge is 0.274 e. The van der Waals surface area contributed by atoms with Crippen molar-refractivity contribution in [3.63, 3.8) is 0 Å². The summed E-state index contributed by atoms with van der Waals surface area (Å²) < 4.78 is 5.65. The van der Waals surface area contributed by atoms with Crippen LogP contribution in [0.4, 0.5) is 0 Å². The first-order valence-electron chi connectivity index (χ1n) is 9.05. The van der Waals surface area contributed by atoms with E-state index in [2.05, 4.69) is 20.3 Å². The Hall–Kier alpha value is -2.87. The average molecular weight is 369 g/mol. The normalized spacial score (nSPS) is 16.1. The molecule has 3 rings (SSSR count). The van der Waals surface area contributed by atoms with E-state index in [-0.39, 0.29) is 30.0 Å². The quantitative estimate of drug-likeness (QED) is 0.751. The van der Waals surface area contributed by atoms with E-state index in [0.717, 1.165) is 18.4 Å². The molecule has 0 saturated carbocycles. The van der Waals surface area contributed by atoms with Gasteiger partial charge in [-0.25, -0.2) is 4.98 Å². The van der Waals surface area contributed by atoms with E-state index in [1.807, 2.05) is 12.1 Å². The molecule has 1 aliphatic heterocycles. The van der Waals surface area contributed by atoms with E-state index < -0.39 is 0 Å². The number of carbonyl (C=O) groups excluding carboxylic acids is 2. The van der Waals surface area contributed by atoms with E-state index in [0.29, 0.717) is 26.2 Å². The lowest BCUT2D eigenvalue weighted by Crippen LogP contribution is -2.40. The van der Waals surface area contributed by atoms with Gasteiger partial charge in [-0.2, -0.15) is 0 Å². The fourth-order valence-corrected chi connectivity index (χ4v) is 2.91. The molecule has 1 unspecified atom stereocenters. The van der Waals surface area contributed by atoms with Crippen LogP contribution >= 0.6 is 0 Å². The van der Waals surface area contributed by atoms with Gasteiger partial charge in [-0.05, 0) is 30.5 Å². The van der Waals surface area contributed by atoms with Crippen LogP contribution in [0.1, 0.15) is 35.3 Å². The average Bonchev–Trinajstić information content (AvgIpc) is 3.23. The molecule has 1 fully saturated rings. The molecule has 2 amide bonds. The van der Waals surface area contributed by atoms with Gasteiger partial charge in [-0.15, -0.1) is 0 Å². The lowest BCUT2D eigenvalue weighted by molar-refractivity contribution is -0.121. The van der Waals surface area contributed by atoms with Crippen LogP contribution in [0.5, 0.6) is 0 Å². The topological polar surface area (TPSA) is 97.3 Å². The Morgan fingerprint density at radius 2 is 2.04 bits per heavy atom. The Kier molecular flexibility index (Phi) is 6.81. The summed E-state index contributed by atoms with van der Waals surface area (Å²) in [5.41, 5.74) is 1.25. The molecule has 0 radical (unpaired) electrons. The first kappa shape index (κ1) is 18.9. The second-order valence-corrected chi connectivity index (χ2v) is 6.36. The van der Waals surface area contributed by atoms with Crippen molar-refractivity contribution in [2.45, 2.75) is 31.9 Å². The lowest BCUT2D eigenvalue weighted by atomic mass is 10.2. The van der Waals surface area contributed by atoms with Gasteiger partial charge in [0.1, 0.15) is 5.69 Å². The Labute approximate surface area is 158 Å². The predicted octanol–water partition coefficient (Wildman–Crippen LogP) is 1.20. The number of nitrogens with one attached hydrogen (secondary N) is 1. The first-order chi connectivity index (χ1) is 13.2. The standard InChI is InChI=1S/C19H23N5O3/c25-18(23-12-15-3-6-20-7-4-15)5-10-24(14-16-2-1-11-27-16)19(26)17-13-21-8-9-22-17/h3-4,6-9,13,16H,1-2,5,10-12,14H2,(H,23,25). The van der Waals surface area contributed by atoms with Crippen molar-refractivity contribution in [2.24, 2.45) is 0 Å². The van der Waals surface area contributed by atoms with E-state index in [1.165, 1.54) is 18.6 Å². The molecule has 1 aliphatic rings. The summed E-state index contributed by atoms with van der Waals surface area (Å²) >= 11 is 0. The Morgan fingerprint density at radius 3 is 2.74 bits per heavy atom. The van der Waals surface area contributed by atoms with Gasteiger partial charge in [0.2, 0.25) is 5.91 Å². The number of hydrogen-bond acceptors (Lipinski definition) is 6. The highest BCUT2D eigenvalue weighted by molar-refractivity contribution is 5.92. The molecule has 1 N–H and O–H groups in total. The summed E-state index contributed by atoms with van der Waals surface area (Å²) in [5.74, 6) is -0.350. The Balaban J connectivity index is 1.55. The third-order valence-corrected chi connectivity index (χ3v) is 4.37. The summed E-state index contributed by atoms with van der Waals surface area (Å²) in [6.45, 7) is 1.90. The van der Waals surface area contributed by atoms with Gasteiger partial charge < -0.3 is 15.0 Å². The summed E-state index contributed by atoms with van der Waals surface area (Å²) in [4.78, 5) is 38.6. The van der Waals surface area contributed by atoms with Gasteiger partial charge in [0.05, 0.1) is 12.3 Å². The van der Waals surface area contributed by atoms with Gasteiger partial charge in [0, 0.05) is 57.4 Å². The molecule has 2 aromatic rings. The molecule has 0 aromatic carbocycles. The molecular weight excluding hydrogens is 346 g/mol. The number of amides is 2. The van der Waals surface area contributed by atoms with Crippen LogP contribution in [0.2, 0.25) is 0 Å². The number of ether oxygens (including phenoxy) is 1. The molecule has 3 heterocycles. The minimum Gasteiger partial charge on any atom is -0.376 e. The van der Waals surface area contributed by atoms with Crippen LogP contribution < -0.4 is 5.32 Å². The molecule has 27 heavy (non-hydrogen) atoms. The second-order valence-electron chi connectivity index (χ2n) is 6.36. The van der Waals surface area contributed by atoms with Gasteiger partial charge >= 0.3 is 0 Å². The van der Waals surface area contributed by atoms with Crippen LogP contribution in [0.15, 0.2) is 43.1 Å². The van der Waals surface area contributed by atoms with Gasteiger partial charge in [0.15, 0.2) is 0 Å². The fourth-order valence-electron chi connectivity index (χ4n) is 2.91. The number of hydrogen-bond donors (Lipinski definition) is 1. The summed E-state index contributed by atoms with van der Waals surface area (Å²) in [6.07, 6.45) is 9.94. The molecule has 0 spiro atoms. The Morgan fingerprint density at radius 1 is 1.19 bits per heavy atom. The monoisotopic (exact) mass is 369 g/mol. The third-order valence-electron chi connectivity index (χ3n) is 4.37. The zero-order valence-electron chi connectivity index (χ0n) is 15.1. The van der Waals surface area contributed by atoms with Crippen molar-refractivity contribution >= 4 is 11.8 Å². The van der Waals surface area contributed by atoms with Crippen molar-refractivity contribution in [2.75, 3.05) is 19.7 Å². The zero-order chi connectivity index (χ0) is 18.9. The third kappa shape index (κ3) is 5.82. The van der Waals surface area contributed by atoms with Gasteiger partial charge in [-0.3, -0.25) is 19.6 Å². The molecule has 0 bridgehead atoms. The van der Waals surface area contributed by atoms with E-state index in [4.69, 9.17) is 4.74 Å². The highest BCUT2D eigenvalue weighted by Crippen LogP contribution is 2.15. The summed E-state index contributed by atoms with van der Waals surface area (Å²) in [7, 11) is 0. The lowest BCUT2D eigenvalue weighted by Gasteiger charge is -2.25. The summed E-state index contributed by atoms with van der Waals surface area (Å²) in [5, 5.41) is 2.86. The number of aromatic nitrogens is 3. The van der Waals surface area contributed by atoms with Crippen molar-refractivity contribution in [3.8, 4) is 0 Å². The predicted molar refractivity (Wildman–Crippen MR) is 97.6 cm³/mol. The number of pyridine rings is 1. The molecule has 2 aromatic heterocycles. The largest absolute Gasteiger partial charge is 0.376 e. The molecule has 0 aliphatic carbocycles. The summed E-state index contributed by atoms with van der Waals surface area (Å²) in [6, 6.07) is 3.70. The maximum absolute atomic E-state index is 12.8. The van der Waals surface area contributed by atoms with E-state index >= 15 is 0 Å². The van der Waals surface area contributed by atoms with E-state index in [1.54, 1.807) is 17.3 Å². The van der Waals surface area contributed by atoms with Crippen molar-refractivity contribution in [1.82, 2.24) is 25.2 Å². The van der Waals surface area contributed by atoms with Crippen LogP contribution in [0, 0.1) is 0 Å². The maximum atomic E-state index is 12.8. The highest BCUT2D eigenvalue weighted by Gasteiger charge is 2.24. The van der Waals surface area contributed by atoms with Gasteiger partial charge in [0.25, 0.3) is 5.91 Å². The highest BCUT2D eigenvalue weighted by atomic mass is 16.5. The van der Waals surface area contributed by atoms with Crippen molar-refractivity contribution in [3.05, 3.63) is 54.4 Å². The van der Waals surface area contributed by atoms with Crippen LogP contribution in [-0.4, -0.2) is 57.5 Å². The van der Waals surface area contributed by atoms with Crippen LogP contribution in [0.3, 0.4) is 0 Å². The molecule has 8 nitrogen and oxygen atoms in total. The van der Waals surface area contributed by atoms with E-state index in [9.17, 15) is 9.59 Å². The number of rotatable bonds is 8. The molecule has 8 heteroatoms. The van der Waals surface area contributed by atoms with Crippen LogP contribution in [0.25, 0.3) is 0 Å². The second kappa shape index (κ2) is 9.72. The Bertz CT molecular complexity index is 736. The minimum atomic E-state index is -0.236. The van der Waals surface area contributed by atoms with Crippen molar-refractivity contribution in [1.29, 1.82) is 0 Å². The number of nitrogens with zero attached hydrogens (tertiary/aromatic N) is 4. The zero-order valence-corrected chi connectivity index (χ0v) is 15.1. The van der Waals surface area contributed by atoms with Crippen molar-refractivity contribution < 1.29 is 14.3 Å². The minimum absolute atomic E-state index is 0.00509. The maximum Gasteiger partial charge on any atom is 0.274 e. The molecular formula is C19H23N5O3. The van der Waals surface area contributed by atoms with Gasteiger partial charge in [-0.1, -0.05) is 0 Å². The molecule has 1 atom stereocenters. The first-order valence-corrected chi connectivity index (χ1v) is 9.05. The molecule has 1 saturated heterocycles. The fraction of sp³-hybridized carbons (Fsp3) is 0.421. The molecule has 142 valence electrons. The SMILES string of the molecule is O=C(CCN(CC1CCCO1)C(=O)c1cnccn1)NCc1ccncc1. The van der Waals surface area contributed by atoms with Crippen LogP contribution in [-0.2, 0) is 16.1 Å².